The molecule has 0 spiro atoms. The first-order valence-electron chi connectivity index (χ1n) is 32.7. The monoisotopic (exact) mass is 1110 g/mol. The van der Waals surface area contributed by atoms with Gasteiger partial charge in [0, 0.05) is 87.2 Å². The summed E-state index contributed by atoms with van der Waals surface area (Å²) < 4.78 is 5.23. The second kappa shape index (κ2) is 44.2. The van der Waals surface area contributed by atoms with E-state index in [0.717, 1.165) is 37.6 Å². The highest BCUT2D eigenvalue weighted by molar-refractivity contribution is 4.85. The van der Waals surface area contributed by atoms with Gasteiger partial charge in [0.15, 0.2) is 0 Å². The Bertz CT molecular complexity index is 1150. The van der Waals surface area contributed by atoms with Crippen LogP contribution in [-0.2, 0) is 4.74 Å². The van der Waals surface area contributed by atoms with Crippen molar-refractivity contribution in [3.63, 3.8) is 0 Å². The third kappa shape index (κ3) is 66.5. The highest BCUT2D eigenvalue weighted by Crippen LogP contribution is 2.31. The van der Waals surface area contributed by atoms with Crippen LogP contribution in [0.3, 0.4) is 0 Å². The second-order valence-electron chi connectivity index (χ2n) is 32.7. The Balaban J connectivity index is -0.000000190. The van der Waals surface area contributed by atoms with Gasteiger partial charge in [-0.2, -0.15) is 0 Å². The van der Waals surface area contributed by atoms with Gasteiger partial charge in [-0.25, -0.2) is 0 Å². The average Bonchev–Trinajstić information content (AvgIpc) is 3.80. The van der Waals surface area contributed by atoms with Crippen molar-refractivity contribution in [1.82, 2.24) is 35.6 Å². The fourth-order valence-corrected chi connectivity index (χ4v) is 8.58. The molecule has 3 N–H and O–H groups in total. The molecule has 0 aromatic carbocycles. The molecule has 0 aromatic heterocycles. The van der Waals surface area contributed by atoms with Crippen LogP contribution in [0.4, 0.5) is 0 Å². The van der Waals surface area contributed by atoms with E-state index in [9.17, 15) is 0 Å². The standard InChI is InChI=1S/2C11H24N2.C9H20.C8H17N.C7H16.2C6H15N.C6H14O.C6H14/c2*1-5-6-12-7-9-13(10-8-12)11(2,3)4;1-7(2)8(3)9(4,5)6;1-8(2,3)7-5-4-6-9-7;1-5-6-7(2,3)4;3*1-5-7-6(2,3)4;1-5-6(2,3)4/h2*5-10H2,1-4H3;7-8H,1-6H3;7,9H,4-6H2,1-3H3;5-6H2,1-4H3;2*7H,5H2,1-4H3;5H2,1-4H3;5H2,1-4H3. The molecule has 2 unspecified atom stereocenters. The smallest absolute Gasteiger partial charge is 0.0598 e. The number of rotatable bonds is 9. The van der Waals surface area contributed by atoms with Crippen molar-refractivity contribution in [2.45, 2.75) is 335 Å². The summed E-state index contributed by atoms with van der Waals surface area (Å²) in [6.07, 6.45) is 9.22. The van der Waals surface area contributed by atoms with E-state index in [1.54, 1.807) is 0 Å². The highest BCUT2D eigenvalue weighted by atomic mass is 16.5. The first kappa shape index (κ1) is 88.9. The van der Waals surface area contributed by atoms with E-state index in [4.69, 9.17) is 4.74 Å². The maximum Gasteiger partial charge on any atom is 0.0598 e. The zero-order chi connectivity index (χ0) is 63.2. The van der Waals surface area contributed by atoms with Gasteiger partial charge in [-0.15, -0.1) is 0 Å². The quantitative estimate of drug-likeness (QED) is 0.211. The average molecular weight is 1120 g/mol. The fourth-order valence-electron chi connectivity index (χ4n) is 8.58. The molecule has 78 heavy (non-hydrogen) atoms. The lowest BCUT2D eigenvalue weighted by Gasteiger charge is -2.42. The molecule has 480 valence electrons. The zero-order valence-electron chi connectivity index (χ0n) is 61.8. The summed E-state index contributed by atoms with van der Waals surface area (Å²) in [6, 6.07) is 0.762. The van der Waals surface area contributed by atoms with Gasteiger partial charge in [-0.1, -0.05) is 158 Å². The van der Waals surface area contributed by atoms with Crippen molar-refractivity contribution in [1.29, 1.82) is 0 Å². The van der Waals surface area contributed by atoms with E-state index in [1.807, 2.05) is 6.92 Å². The van der Waals surface area contributed by atoms with E-state index in [1.165, 1.54) is 117 Å². The molecule has 0 bridgehead atoms. The molecule has 2 atom stereocenters. The van der Waals surface area contributed by atoms with E-state index < -0.39 is 0 Å². The van der Waals surface area contributed by atoms with Gasteiger partial charge in [0.1, 0.15) is 0 Å². The van der Waals surface area contributed by atoms with Crippen molar-refractivity contribution in [2.75, 3.05) is 91.7 Å². The van der Waals surface area contributed by atoms with Gasteiger partial charge >= 0.3 is 0 Å². The van der Waals surface area contributed by atoms with Crippen LogP contribution in [-0.4, -0.2) is 145 Å². The molecule has 8 heteroatoms. The SMILES string of the molecule is CC(C)(C)C1CCCN1.CC(C)C(C)C(C)(C)C.CCC(C)(C)C.CCCC(C)(C)C.CCCN1CCN(C(C)(C)C)CC1.CCCN1CCN(C(C)(C)C)CC1.CCNC(C)(C)C.CCNC(C)(C)C.CCOC(C)(C)C. The van der Waals surface area contributed by atoms with Crippen LogP contribution >= 0.6 is 0 Å². The van der Waals surface area contributed by atoms with E-state index in [-0.39, 0.29) is 5.60 Å². The molecule has 0 aliphatic carbocycles. The largest absolute Gasteiger partial charge is 0.376 e. The summed E-state index contributed by atoms with van der Waals surface area (Å²) in [5.74, 6) is 1.63. The van der Waals surface area contributed by atoms with Crippen LogP contribution in [0.15, 0.2) is 0 Å². The number of nitrogens with zero attached hydrogens (tertiary/aromatic N) is 4. The van der Waals surface area contributed by atoms with Crippen LogP contribution < -0.4 is 16.0 Å². The highest BCUT2D eigenvalue weighted by Gasteiger charge is 2.28. The molecule has 0 aromatic rings. The maximum atomic E-state index is 5.23. The topological polar surface area (TPSA) is 58.3 Å². The van der Waals surface area contributed by atoms with Gasteiger partial charge in [-0.05, 0) is 209 Å². The lowest BCUT2D eigenvalue weighted by Crippen LogP contribution is -2.53. The molecule has 3 fully saturated rings. The van der Waals surface area contributed by atoms with Crippen LogP contribution in [0, 0.1) is 33.5 Å². The molecule has 3 heterocycles. The van der Waals surface area contributed by atoms with Crippen molar-refractivity contribution < 1.29 is 4.74 Å². The summed E-state index contributed by atoms with van der Waals surface area (Å²) in [5, 5.41) is 10.1. The normalized spacial score (nSPS) is 17.8. The van der Waals surface area contributed by atoms with Gasteiger partial charge in [0.25, 0.3) is 0 Å². The minimum absolute atomic E-state index is 0.0503. The molecular formula is C70H159N7O. The van der Waals surface area contributed by atoms with Crippen molar-refractivity contribution in [2.24, 2.45) is 33.5 Å². The third-order valence-electron chi connectivity index (χ3n) is 14.2. The van der Waals surface area contributed by atoms with Crippen molar-refractivity contribution in [3.05, 3.63) is 0 Å². The summed E-state index contributed by atoms with van der Waals surface area (Å²) in [6.45, 7) is 99.1. The molecule has 0 radical (unpaired) electrons. The molecule has 3 aliphatic heterocycles. The summed E-state index contributed by atoms with van der Waals surface area (Å²) in [5.41, 5.74) is 3.41. The Morgan fingerprint density at radius 1 is 0.474 bits per heavy atom. The molecule has 8 nitrogen and oxygen atoms in total. The second-order valence-corrected chi connectivity index (χ2v) is 32.7. The lowest BCUT2D eigenvalue weighted by molar-refractivity contribution is 0.00531. The minimum Gasteiger partial charge on any atom is -0.376 e. The van der Waals surface area contributed by atoms with Crippen molar-refractivity contribution >= 4 is 0 Å². The Hall–Kier alpha value is -0.320. The zero-order valence-corrected chi connectivity index (χ0v) is 61.8. The number of hydrogen-bond donors (Lipinski definition) is 3. The van der Waals surface area contributed by atoms with Gasteiger partial charge in [0.2, 0.25) is 0 Å². The predicted molar refractivity (Wildman–Crippen MR) is 362 cm³/mol. The molecular weight excluding hydrogens is 955 g/mol. The van der Waals surface area contributed by atoms with Gasteiger partial charge in [-0.3, -0.25) is 9.80 Å². The Kier molecular flexibility index (Phi) is 50.4. The van der Waals surface area contributed by atoms with Crippen LogP contribution in [0.5, 0.6) is 0 Å². The number of ether oxygens (including phenoxy) is 1. The van der Waals surface area contributed by atoms with Crippen LogP contribution in [0.2, 0.25) is 0 Å². The summed E-state index contributed by atoms with van der Waals surface area (Å²) in [4.78, 5) is 10.3. The van der Waals surface area contributed by atoms with E-state index in [2.05, 4.69) is 285 Å². The Morgan fingerprint density at radius 2 is 0.808 bits per heavy atom. The van der Waals surface area contributed by atoms with Gasteiger partial charge in [0.05, 0.1) is 5.60 Å². The fraction of sp³-hybridized carbons (Fsp3) is 1.00. The summed E-state index contributed by atoms with van der Waals surface area (Å²) >= 11 is 0. The number of piperazine rings is 2. The third-order valence-corrected chi connectivity index (χ3v) is 14.2. The molecule has 0 saturated carbocycles. The predicted octanol–water partition coefficient (Wildman–Crippen LogP) is 18.6. The maximum absolute atomic E-state index is 5.23. The number of nitrogens with one attached hydrogen (secondary N) is 3. The number of hydrogen-bond acceptors (Lipinski definition) is 8. The molecule has 3 saturated heterocycles. The summed E-state index contributed by atoms with van der Waals surface area (Å²) in [7, 11) is 0. The molecule has 0 amide bonds. The van der Waals surface area contributed by atoms with Crippen LogP contribution in [0.1, 0.15) is 301 Å². The lowest BCUT2D eigenvalue weighted by atomic mass is 9.76. The minimum atomic E-state index is 0.0503. The first-order valence-corrected chi connectivity index (χ1v) is 32.7. The molecule has 3 rings (SSSR count). The van der Waals surface area contributed by atoms with Crippen LogP contribution in [0.25, 0.3) is 0 Å². The van der Waals surface area contributed by atoms with Gasteiger partial charge < -0.3 is 30.5 Å². The Morgan fingerprint density at radius 3 is 0.897 bits per heavy atom. The van der Waals surface area contributed by atoms with E-state index in [0.29, 0.717) is 43.8 Å². The Labute approximate surface area is 498 Å². The van der Waals surface area contributed by atoms with Crippen molar-refractivity contribution in [3.8, 4) is 0 Å². The first-order chi connectivity index (χ1) is 34.8. The molecule has 3 aliphatic rings. The van der Waals surface area contributed by atoms with E-state index >= 15 is 0 Å².